The van der Waals surface area contributed by atoms with E-state index in [2.05, 4.69) is 9.72 Å². The van der Waals surface area contributed by atoms with E-state index in [1.807, 2.05) is 0 Å². The molecule has 1 aromatic rings. The molecule has 0 aliphatic rings. The van der Waals surface area contributed by atoms with Crippen molar-refractivity contribution in [3.8, 4) is 11.8 Å². The van der Waals surface area contributed by atoms with Crippen molar-refractivity contribution in [1.29, 1.82) is 5.26 Å². The molecule has 0 saturated carbocycles. The van der Waals surface area contributed by atoms with Gasteiger partial charge in [-0.05, 0) is 0 Å². The van der Waals surface area contributed by atoms with Crippen molar-refractivity contribution in [2.24, 2.45) is 0 Å². The average molecular weight is 242 g/mol. The number of rotatable bonds is 3. The molecule has 0 unspecified atom stereocenters. The minimum absolute atomic E-state index is 0.259. The van der Waals surface area contributed by atoms with Gasteiger partial charge in [0, 0.05) is 6.07 Å². The third-order valence-electron chi connectivity index (χ3n) is 1.96. The summed E-state index contributed by atoms with van der Waals surface area (Å²) in [6, 6.07) is 2.50. The first-order chi connectivity index (χ1) is 8.04. The predicted molar refractivity (Wildman–Crippen MR) is 51.8 cm³/mol. The van der Waals surface area contributed by atoms with Crippen molar-refractivity contribution in [3.63, 3.8) is 0 Å². The van der Waals surface area contributed by atoms with Gasteiger partial charge in [0.15, 0.2) is 11.4 Å². The molecule has 0 spiro atoms. The third-order valence-corrected chi connectivity index (χ3v) is 1.96. The maximum atomic E-state index is 12.7. The number of methoxy groups -OCH3 is 2. The summed E-state index contributed by atoms with van der Waals surface area (Å²) < 4.78 is 34.5. The van der Waals surface area contributed by atoms with Crippen molar-refractivity contribution in [3.05, 3.63) is 23.0 Å². The number of hydrogen-bond donors (Lipinski definition) is 0. The number of nitrogens with zero attached hydrogens (tertiary/aromatic N) is 2. The number of hydrogen-bond acceptors (Lipinski definition) is 5. The molecular weight excluding hydrogens is 234 g/mol. The van der Waals surface area contributed by atoms with Crippen LogP contribution in [0.25, 0.3) is 0 Å². The van der Waals surface area contributed by atoms with Crippen LogP contribution in [-0.2, 0) is 4.74 Å². The van der Waals surface area contributed by atoms with E-state index in [4.69, 9.17) is 10.00 Å². The molecule has 0 bridgehead atoms. The maximum Gasteiger partial charge on any atom is 0.356 e. The molecule has 90 valence electrons. The molecule has 1 aromatic heterocycles. The van der Waals surface area contributed by atoms with Crippen LogP contribution >= 0.6 is 0 Å². The number of carbonyl (C=O) groups excluding carboxylic acids is 1. The Kier molecular flexibility index (Phi) is 3.93. The van der Waals surface area contributed by atoms with Gasteiger partial charge in [-0.25, -0.2) is 18.6 Å². The van der Waals surface area contributed by atoms with E-state index in [9.17, 15) is 13.6 Å². The lowest BCUT2D eigenvalue weighted by atomic mass is 10.1. The zero-order valence-corrected chi connectivity index (χ0v) is 9.03. The second-order valence-corrected chi connectivity index (χ2v) is 2.88. The van der Waals surface area contributed by atoms with E-state index >= 15 is 0 Å². The molecule has 7 heteroatoms. The summed E-state index contributed by atoms with van der Waals surface area (Å²) in [7, 11) is 2.27. The summed E-state index contributed by atoms with van der Waals surface area (Å²) in [5.41, 5.74) is -1.45. The van der Waals surface area contributed by atoms with E-state index in [0.29, 0.717) is 0 Å². The minimum Gasteiger partial charge on any atom is -0.496 e. The zero-order chi connectivity index (χ0) is 13.0. The molecule has 0 aliphatic heterocycles. The van der Waals surface area contributed by atoms with Crippen molar-refractivity contribution in [1.82, 2.24) is 4.98 Å². The van der Waals surface area contributed by atoms with Crippen LogP contribution in [0.5, 0.6) is 5.75 Å². The number of esters is 1. The fourth-order valence-corrected chi connectivity index (χ4v) is 1.21. The van der Waals surface area contributed by atoms with E-state index in [1.54, 1.807) is 0 Å². The molecule has 1 rings (SSSR count). The number of ether oxygens (including phenoxy) is 2. The number of alkyl halides is 2. The van der Waals surface area contributed by atoms with Gasteiger partial charge in [-0.1, -0.05) is 0 Å². The van der Waals surface area contributed by atoms with Gasteiger partial charge >= 0.3 is 5.97 Å². The first-order valence-electron chi connectivity index (χ1n) is 4.40. The second-order valence-electron chi connectivity index (χ2n) is 2.88. The van der Waals surface area contributed by atoms with Gasteiger partial charge in [0.1, 0.15) is 11.8 Å². The van der Waals surface area contributed by atoms with Crippen molar-refractivity contribution in [2.45, 2.75) is 6.43 Å². The quantitative estimate of drug-likeness (QED) is 0.754. The Morgan fingerprint density at radius 3 is 2.59 bits per heavy atom. The van der Waals surface area contributed by atoms with Gasteiger partial charge < -0.3 is 9.47 Å². The number of nitriles is 1. The molecule has 5 nitrogen and oxygen atoms in total. The number of pyridine rings is 1. The average Bonchev–Trinajstić information content (AvgIpc) is 2.35. The summed E-state index contributed by atoms with van der Waals surface area (Å²) in [5, 5.41) is 8.71. The zero-order valence-electron chi connectivity index (χ0n) is 9.03. The Labute approximate surface area is 95.6 Å². The van der Waals surface area contributed by atoms with Crippen LogP contribution in [0, 0.1) is 11.3 Å². The van der Waals surface area contributed by atoms with Gasteiger partial charge in [0.05, 0.1) is 19.8 Å². The summed E-state index contributed by atoms with van der Waals surface area (Å²) in [5.74, 6) is -1.10. The largest absolute Gasteiger partial charge is 0.496 e. The highest BCUT2D eigenvalue weighted by Crippen LogP contribution is 2.31. The highest BCUT2D eigenvalue weighted by atomic mass is 19.3. The number of aromatic nitrogens is 1. The van der Waals surface area contributed by atoms with Crippen LogP contribution in [-0.4, -0.2) is 25.2 Å². The maximum absolute atomic E-state index is 12.7. The van der Waals surface area contributed by atoms with E-state index < -0.39 is 23.7 Å². The highest BCUT2D eigenvalue weighted by Gasteiger charge is 2.23. The monoisotopic (exact) mass is 242 g/mol. The predicted octanol–water partition coefficient (Wildman–Crippen LogP) is 1.69. The third kappa shape index (κ3) is 2.47. The Bertz CT molecular complexity index is 483. The van der Waals surface area contributed by atoms with Gasteiger partial charge in [-0.2, -0.15) is 5.26 Å². The minimum atomic E-state index is -2.92. The first kappa shape index (κ1) is 12.8. The van der Waals surface area contributed by atoms with Crippen molar-refractivity contribution < 1.29 is 23.0 Å². The summed E-state index contributed by atoms with van der Waals surface area (Å²) in [6.07, 6.45) is -2.92. The van der Waals surface area contributed by atoms with Crippen molar-refractivity contribution in [2.75, 3.05) is 14.2 Å². The lowest BCUT2D eigenvalue weighted by molar-refractivity contribution is 0.0592. The van der Waals surface area contributed by atoms with Crippen LogP contribution in [0.1, 0.15) is 28.2 Å². The molecule has 0 saturated heterocycles. The van der Waals surface area contributed by atoms with Gasteiger partial charge in [0.2, 0.25) is 0 Å². The summed E-state index contributed by atoms with van der Waals surface area (Å²) in [6.45, 7) is 0. The van der Waals surface area contributed by atoms with E-state index in [1.165, 1.54) is 6.07 Å². The Morgan fingerprint density at radius 1 is 1.53 bits per heavy atom. The summed E-state index contributed by atoms with van der Waals surface area (Å²) >= 11 is 0. The van der Waals surface area contributed by atoms with Gasteiger partial charge in [-0.15, -0.1) is 0 Å². The normalized spacial score (nSPS) is 9.88. The molecule has 0 aliphatic carbocycles. The van der Waals surface area contributed by atoms with E-state index in [0.717, 1.165) is 20.3 Å². The fourth-order valence-electron chi connectivity index (χ4n) is 1.21. The highest BCUT2D eigenvalue weighted by molar-refractivity contribution is 5.88. The topological polar surface area (TPSA) is 72.2 Å². The lowest BCUT2D eigenvalue weighted by Crippen LogP contribution is -2.09. The molecule has 0 radical (unpaired) electrons. The molecule has 0 fully saturated rings. The molecule has 17 heavy (non-hydrogen) atoms. The molecule has 1 heterocycles. The SMILES string of the molecule is COC(=O)c1cc(OC)c(C(F)F)c(C#N)n1. The summed E-state index contributed by atoms with van der Waals surface area (Å²) in [4.78, 5) is 14.7. The molecule has 0 aromatic carbocycles. The molecular formula is C10H8F2N2O3. The Balaban J connectivity index is 3.46. The van der Waals surface area contributed by atoms with Gasteiger partial charge in [-0.3, -0.25) is 0 Å². The smallest absolute Gasteiger partial charge is 0.356 e. The standard InChI is InChI=1S/C10H8F2N2O3/c1-16-7-3-5(10(15)17-2)14-6(4-13)8(7)9(11)12/h3,9H,1-2H3. The Morgan fingerprint density at radius 2 is 2.18 bits per heavy atom. The number of carbonyl (C=O) groups is 1. The fraction of sp³-hybridized carbons (Fsp3) is 0.300. The van der Waals surface area contributed by atoms with Crippen LogP contribution in [0.4, 0.5) is 8.78 Å². The first-order valence-corrected chi connectivity index (χ1v) is 4.40. The molecule has 0 amide bonds. The number of halogens is 2. The molecule has 0 atom stereocenters. The second kappa shape index (κ2) is 5.21. The van der Waals surface area contributed by atoms with Crippen LogP contribution in [0.2, 0.25) is 0 Å². The Hall–Kier alpha value is -2.23. The van der Waals surface area contributed by atoms with Crippen molar-refractivity contribution >= 4 is 5.97 Å². The van der Waals surface area contributed by atoms with Crippen LogP contribution < -0.4 is 4.74 Å². The van der Waals surface area contributed by atoms with Crippen LogP contribution in [0.15, 0.2) is 6.07 Å². The van der Waals surface area contributed by atoms with Crippen LogP contribution in [0.3, 0.4) is 0 Å². The lowest BCUT2D eigenvalue weighted by Gasteiger charge is -2.10. The van der Waals surface area contributed by atoms with E-state index in [-0.39, 0.29) is 11.4 Å². The molecule has 0 N–H and O–H groups in total. The van der Waals surface area contributed by atoms with Gasteiger partial charge in [0.25, 0.3) is 6.43 Å².